The molecule has 0 radical (unpaired) electrons. The van der Waals surface area contributed by atoms with Crippen molar-refractivity contribution in [2.24, 2.45) is 0 Å². The summed E-state index contributed by atoms with van der Waals surface area (Å²) >= 11 is 0. The Kier molecular flexibility index (Phi) is 3.65. The highest BCUT2D eigenvalue weighted by Gasteiger charge is 2.34. The van der Waals surface area contributed by atoms with Gasteiger partial charge in [0, 0.05) is 17.8 Å². The molecule has 1 heterocycles. The topological polar surface area (TPSA) is 47.3 Å². The third-order valence-corrected chi connectivity index (χ3v) is 2.91. The number of anilines is 1. The molecule has 1 atom stereocenters. The molecule has 1 fully saturated rings. The van der Waals surface area contributed by atoms with Crippen LogP contribution in [-0.2, 0) is 6.18 Å². The molecule has 18 heavy (non-hydrogen) atoms. The molecule has 0 bridgehead atoms. The summed E-state index contributed by atoms with van der Waals surface area (Å²) in [4.78, 5) is 0. The Bertz CT molecular complexity index is 414. The molecule has 1 saturated heterocycles. The van der Waals surface area contributed by atoms with E-state index in [9.17, 15) is 13.2 Å². The summed E-state index contributed by atoms with van der Waals surface area (Å²) in [5, 5.41) is 3.16. The molecule has 3 nitrogen and oxygen atoms in total. The number of nitrogen functional groups attached to an aromatic ring is 1. The van der Waals surface area contributed by atoms with Gasteiger partial charge in [-0.2, -0.15) is 13.2 Å². The van der Waals surface area contributed by atoms with Crippen LogP contribution in [0.15, 0.2) is 18.2 Å². The second-order valence-electron chi connectivity index (χ2n) is 4.36. The fourth-order valence-corrected chi connectivity index (χ4v) is 1.98. The van der Waals surface area contributed by atoms with E-state index >= 15 is 0 Å². The largest absolute Gasteiger partial charge is 0.491 e. The Labute approximate surface area is 103 Å². The molecule has 0 aliphatic carbocycles. The van der Waals surface area contributed by atoms with Gasteiger partial charge in [0.25, 0.3) is 0 Å². The molecular weight excluding hydrogens is 245 g/mol. The van der Waals surface area contributed by atoms with Crippen LogP contribution in [0.1, 0.15) is 18.4 Å². The standard InChI is InChI=1S/C12H15F3N2O/c13-12(14,15)10-4-3-8(16)6-11(10)18-7-9-2-1-5-17-9/h3-4,6,9,17H,1-2,5,7,16H2. The first-order chi connectivity index (χ1) is 8.47. The molecule has 1 unspecified atom stereocenters. The summed E-state index contributed by atoms with van der Waals surface area (Å²) in [5.41, 5.74) is 4.97. The highest BCUT2D eigenvalue weighted by Crippen LogP contribution is 2.37. The van der Waals surface area contributed by atoms with Crippen LogP contribution in [0.25, 0.3) is 0 Å². The number of alkyl halides is 3. The zero-order valence-electron chi connectivity index (χ0n) is 9.76. The summed E-state index contributed by atoms with van der Waals surface area (Å²) in [6, 6.07) is 3.51. The Hall–Kier alpha value is -1.43. The van der Waals surface area contributed by atoms with E-state index in [0.29, 0.717) is 0 Å². The minimum absolute atomic E-state index is 0.118. The smallest absolute Gasteiger partial charge is 0.419 e. The van der Waals surface area contributed by atoms with Gasteiger partial charge < -0.3 is 15.8 Å². The highest BCUT2D eigenvalue weighted by atomic mass is 19.4. The lowest BCUT2D eigenvalue weighted by Crippen LogP contribution is -2.28. The zero-order chi connectivity index (χ0) is 13.2. The average molecular weight is 260 g/mol. The monoisotopic (exact) mass is 260 g/mol. The quantitative estimate of drug-likeness (QED) is 0.820. The predicted molar refractivity (Wildman–Crippen MR) is 62.4 cm³/mol. The molecule has 3 N–H and O–H groups in total. The zero-order valence-corrected chi connectivity index (χ0v) is 9.76. The van der Waals surface area contributed by atoms with Gasteiger partial charge in [-0.15, -0.1) is 0 Å². The number of ether oxygens (including phenoxy) is 1. The van der Waals surface area contributed by atoms with Gasteiger partial charge in [-0.1, -0.05) is 0 Å². The van der Waals surface area contributed by atoms with Gasteiger partial charge in [-0.05, 0) is 31.5 Å². The van der Waals surface area contributed by atoms with E-state index in [1.807, 2.05) is 0 Å². The number of hydrogen-bond donors (Lipinski definition) is 2. The SMILES string of the molecule is Nc1ccc(C(F)(F)F)c(OCC2CCCN2)c1. The lowest BCUT2D eigenvalue weighted by molar-refractivity contribution is -0.139. The number of benzene rings is 1. The molecule has 100 valence electrons. The van der Waals surface area contributed by atoms with Crippen molar-refractivity contribution in [1.82, 2.24) is 5.32 Å². The maximum Gasteiger partial charge on any atom is 0.419 e. The Morgan fingerprint density at radius 2 is 2.17 bits per heavy atom. The van der Waals surface area contributed by atoms with Crippen molar-refractivity contribution in [2.75, 3.05) is 18.9 Å². The van der Waals surface area contributed by atoms with Crippen LogP contribution in [0, 0.1) is 0 Å². The second kappa shape index (κ2) is 5.06. The Morgan fingerprint density at radius 3 is 2.78 bits per heavy atom. The Morgan fingerprint density at radius 1 is 1.39 bits per heavy atom. The van der Waals surface area contributed by atoms with E-state index < -0.39 is 11.7 Å². The molecule has 1 aromatic carbocycles. The summed E-state index contributed by atoms with van der Waals surface area (Å²) in [6.45, 7) is 1.11. The van der Waals surface area contributed by atoms with Crippen LogP contribution in [0.3, 0.4) is 0 Å². The van der Waals surface area contributed by atoms with Gasteiger partial charge in [0.2, 0.25) is 0 Å². The molecule has 1 aliphatic rings. The fourth-order valence-electron chi connectivity index (χ4n) is 1.98. The van der Waals surface area contributed by atoms with Crippen molar-refractivity contribution in [3.63, 3.8) is 0 Å². The second-order valence-corrected chi connectivity index (χ2v) is 4.36. The van der Waals surface area contributed by atoms with Gasteiger partial charge >= 0.3 is 6.18 Å². The summed E-state index contributed by atoms with van der Waals surface area (Å²) < 4.78 is 43.5. The van der Waals surface area contributed by atoms with Gasteiger partial charge in [-0.3, -0.25) is 0 Å². The van der Waals surface area contributed by atoms with Gasteiger partial charge in [0.15, 0.2) is 0 Å². The molecule has 2 rings (SSSR count). The first-order valence-electron chi connectivity index (χ1n) is 5.80. The van der Waals surface area contributed by atoms with Crippen molar-refractivity contribution in [1.29, 1.82) is 0 Å². The maximum atomic E-state index is 12.7. The molecule has 6 heteroatoms. The highest BCUT2D eigenvalue weighted by molar-refractivity contribution is 5.49. The molecular formula is C12H15F3N2O. The van der Waals surface area contributed by atoms with Crippen molar-refractivity contribution in [3.8, 4) is 5.75 Å². The summed E-state index contributed by atoms with van der Waals surface area (Å²) in [6.07, 6.45) is -2.48. The van der Waals surface area contributed by atoms with Crippen molar-refractivity contribution >= 4 is 5.69 Å². The van der Waals surface area contributed by atoms with Gasteiger partial charge in [-0.25, -0.2) is 0 Å². The van der Waals surface area contributed by atoms with Crippen LogP contribution in [0.2, 0.25) is 0 Å². The number of nitrogens with one attached hydrogen (secondary N) is 1. The number of rotatable bonds is 3. The van der Waals surface area contributed by atoms with E-state index in [4.69, 9.17) is 10.5 Å². The summed E-state index contributed by atoms with van der Waals surface area (Å²) in [7, 11) is 0. The molecule has 0 aromatic heterocycles. The van der Waals surface area contributed by atoms with Crippen molar-refractivity contribution in [3.05, 3.63) is 23.8 Å². The number of nitrogens with two attached hydrogens (primary N) is 1. The molecule has 1 aliphatic heterocycles. The third-order valence-electron chi connectivity index (χ3n) is 2.91. The minimum Gasteiger partial charge on any atom is -0.491 e. The van der Waals surface area contributed by atoms with E-state index in [0.717, 1.165) is 25.5 Å². The third kappa shape index (κ3) is 3.07. The molecule has 0 saturated carbocycles. The van der Waals surface area contributed by atoms with Crippen molar-refractivity contribution in [2.45, 2.75) is 25.1 Å². The fraction of sp³-hybridized carbons (Fsp3) is 0.500. The van der Waals surface area contributed by atoms with Crippen LogP contribution in [-0.4, -0.2) is 19.2 Å². The lowest BCUT2D eigenvalue weighted by Gasteiger charge is -2.17. The first-order valence-corrected chi connectivity index (χ1v) is 5.80. The normalized spacial score (nSPS) is 20.1. The van der Waals surface area contributed by atoms with E-state index in [1.165, 1.54) is 12.1 Å². The predicted octanol–water partition coefficient (Wildman–Crippen LogP) is 2.42. The first kappa shape index (κ1) is 13.0. The molecule has 0 spiro atoms. The van der Waals surface area contributed by atoms with Gasteiger partial charge in [0.05, 0.1) is 5.56 Å². The Balaban J connectivity index is 2.12. The van der Waals surface area contributed by atoms with Crippen LogP contribution >= 0.6 is 0 Å². The summed E-state index contributed by atoms with van der Waals surface area (Å²) in [5.74, 6) is -0.198. The number of hydrogen-bond acceptors (Lipinski definition) is 3. The molecule has 1 aromatic rings. The van der Waals surface area contributed by atoms with Gasteiger partial charge in [0.1, 0.15) is 12.4 Å². The van der Waals surface area contributed by atoms with Crippen LogP contribution in [0.4, 0.5) is 18.9 Å². The van der Waals surface area contributed by atoms with Crippen LogP contribution < -0.4 is 15.8 Å². The van der Waals surface area contributed by atoms with Crippen LogP contribution in [0.5, 0.6) is 5.75 Å². The average Bonchev–Trinajstić information content (AvgIpc) is 2.77. The van der Waals surface area contributed by atoms with Crippen molar-refractivity contribution < 1.29 is 17.9 Å². The van der Waals surface area contributed by atoms with E-state index in [2.05, 4.69) is 5.32 Å². The maximum absolute atomic E-state index is 12.7. The number of halogens is 3. The minimum atomic E-state index is -4.42. The molecule has 0 amide bonds. The van der Waals surface area contributed by atoms with E-state index in [-0.39, 0.29) is 24.1 Å². The van der Waals surface area contributed by atoms with E-state index in [1.54, 1.807) is 0 Å². The lowest BCUT2D eigenvalue weighted by atomic mass is 10.1.